The van der Waals surface area contributed by atoms with Crippen molar-refractivity contribution in [2.45, 2.75) is 15.9 Å². The van der Waals surface area contributed by atoms with E-state index in [2.05, 4.69) is 50.1 Å². The van der Waals surface area contributed by atoms with Gasteiger partial charge >= 0.3 is 0 Å². The number of hydrogen-bond donors (Lipinski definition) is 1. The van der Waals surface area contributed by atoms with Gasteiger partial charge in [0.25, 0.3) is 0 Å². The summed E-state index contributed by atoms with van der Waals surface area (Å²) in [6.45, 7) is 4.01. The van der Waals surface area contributed by atoms with Gasteiger partial charge in [-0.15, -0.1) is 21.5 Å². The molecule has 6 rings (SSSR count). The van der Waals surface area contributed by atoms with Gasteiger partial charge in [0.05, 0.1) is 25.1 Å². The van der Waals surface area contributed by atoms with E-state index in [0.717, 1.165) is 73.7 Å². The minimum Gasteiger partial charge on any atom is -0.379 e. The third-order valence-electron chi connectivity index (χ3n) is 5.62. The van der Waals surface area contributed by atoms with Crippen molar-refractivity contribution in [1.82, 2.24) is 25.1 Å². The first-order chi connectivity index (χ1) is 17.3. The smallest absolute Gasteiger partial charge is 0.210 e. The summed E-state index contributed by atoms with van der Waals surface area (Å²) in [6, 6.07) is 20.4. The number of anilines is 2. The Hall–Kier alpha value is -2.89. The highest BCUT2D eigenvalue weighted by atomic mass is 32.2. The standard InChI is InChI=1S/C25H22N6OS3/c1-3-7-17(8-4-1)19-16-33-22-21(19)23(28-20(27-22)15-31-11-13-32-14-12-31)34-25-30-29-24(35-25)26-18-9-5-2-6-10-18/h1-10,16H,11-15H2,(H,26,29). The Balaban J connectivity index is 1.35. The summed E-state index contributed by atoms with van der Waals surface area (Å²) < 4.78 is 6.34. The third-order valence-corrected chi connectivity index (χ3v) is 8.37. The number of thiophene rings is 1. The van der Waals surface area contributed by atoms with Crippen LogP contribution in [0.2, 0.25) is 0 Å². The number of morpholine rings is 1. The maximum Gasteiger partial charge on any atom is 0.210 e. The monoisotopic (exact) mass is 518 g/mol. The highest BCUT2D eigenvalue weighted by Crippen LogP contribution is 2.41. The predicted molar refractivity (Wildman–Crippen MR) is 143 cm³/mol. The van der Waals surface area contributed by atoms with Crippen molar-refractivity contribution in [3.63, 3.8) is 0 Å². The molecule has 0 aliphatic carbocycles. The summed E-state index contributed by atoms with van der Waals surface area (Å²) in [5.41, 5.74) is 3.30. The minimum atomic E-state index is 0.711. The molecule has 10 heteroatoms. The molecule has 0 saturated carbocycles. The van der Waals surface area contributed by atoms with Crippen LogP contribution >= 0.6 is 34.4 Å². The molecule has 0 spiro atoms. The summed E-state index contributed by atoms with van der Waals surface area (Å²) in [5.74, 6) is 0.829. The Kier molecular flexibility index (Phi) is 6.70. The van der Waals surface area contributed by atoms with Crippen LogP contribution in [0.4, 0.5) is 10.8 Å². The molecule has 0 atom stereocenters. The lowest BCUT2D eigenvalue weighted by Gasteiger charge is -2.25. The highest BCUT2D eigenvalue weighted by Gasteiger charge is 2.20. The van der Waals surface area contributed by atoms with Gasteiger partial charge in [0, 0.05) is 29.7 Å². The number of para-hydroxylation sites is 1. The number of ether oxygens (including phenoxy) is 1. The molecule has 2 aromatic carbocycles. The predicted octanol–water partition coefficient (Wildman–Crippen LogP) is 5.94. The fourth-order valence-electron chi connectivity index (χ4n) is 3.92. The Morgan fingerprint density at radius 1 is 0.943 bits per heavy atom. The van der Waals surface area contributed by atoms with E-state index < -0.39 is 0 Å². The van der Waals surface area contributed by atoms with Crippen LogP contribution in [0.3, 0.4) is 0 Å². The molecular formula is C25H22N6OS3. The second-order valence-corrected chi connectivity index (χ2v) is 11.1. The van der Waals surface area contributed by atoms with Gasteiger partial charge in [0.1, 0.15) is 15.7 Å². The largest absolute Gasteiger partial charge is 0.379 e. The van der Waals surface area contributed by atoms with Gasteiger partial charge in [-0.2, -0.15) is 0 Å². The van der Waals surface area contributed by atoms with E-state index in [-0.39, 0.29) is 0 Å². The van der Waals surface area contributed by atoms with E-state index in [1.165, 1.54) is 11.3 Å². The van der Waals surface area contributed by atoms with Gasteiger partial charge in [0.2, 0.25) is 5.13 Å². The summed E-state index contributed by atoms with van der Waals surface area (Å²) in [5, 5.41) is 17.0. The van der Waals surface area contributed by atoms with E-state index in [4.69, 9.17) is 14.7 Å². The van der Waals surface area contributed by atoms with E-state index in [1.54, 1.807) is 23.1 Å². The number of aromatic nitrogens is 4. The third kappa shape index (κ3) is 5.21. The molecule has 1 aliphatic rings. The van der Waals surface area contributed by atoms with Crippen molar-refractivity contribution in [1.29, 1.82) is 0 Å². The van der Waals surface area contributed by atoms with E-state index in [0.29, 0.717) is 6.54 Å². The molecule has 1 aliphatic heterocycles. The molecule has 35 heavy (non-hydrogen) atoms. The quantitative estimate of drug-likeness (QED) is 0.266. The molecule has 1 fully saturated rings. The number of rotatable bonds is 7. The van der Waals surface area contributed by atoms with Crippen LogP contribution in [0.25, 0.3) is 21.3 Å². The molecule has 7 nitrogen and oxygen atoms in total. The first kappa shape index (κ1) is 22.6. The molecule has 0 radical (unpaired) electrons. The van der Waals surface area contributed by atoms with Crippen molar-refractivity contribution in [2.24, 2.45) is 0 Å². The van der Waals surface area contributed by atoms with Crippen molar-refractivity contribution in [3.05, 3.63) is 71.9 Å². The molecular weight excluding hydrogens is 497 g/mol. The van der Waals surface area contributed by atoms with Crippen molar-refractivity contribution >= 4 is 55.5 Å². The zero-order chi connectivity index (χ0) is 23.5. The van der Waals surface area contributed by atoms with Crippen molar-refractivity contribution in [3.8, 4) is 11.1 Å². The van der Waals surface area contributed by atoms with Crippen LogP contribution in [0.1, 0.15) is 5.82 Å². The molecule has 3 aromatic heterocycles. The fraction of sp³-hybridized carbons (Fsp3) is 0.200. The van der Waals surface area contributed by atoms with E-state index in [1.807, 2.05) is 36.4 Å². The van der Waals surface area contributed by atoms with E-state index in [9.17, 15) is 0 Å². The minimum absolute atomic E-state index is 0.711. The Bertz CT molecular complexity index is 1420. The Morgan fingerprint density at radius 3 is 2.51 bits per heavy atom. The van der Waals surface area contributed by atoms with Crippen LogP contribution < -0.4 is 5.32 Å². The van der Waals surface area contributed by atoms with Crippen LogP contribution in [0.5, 0.6) is 0 Å². The second kappa shape index (κ2) is 10.4. The maximum absolute atomic E-state index is 5.50. The first-order valence-corrected chi connectivity index (χ1v) is 13.8. The summed E-state index contributed by atoms with van der Waals surface area (Å²) in [4.78, 5) is 13.3. The van der Waals surface area contributed by atoms with Crippen molar-refractivity contribution in [2.75, 3.05) is 31.6 Å². The molecule has 0 bridgehead atoms. The Labute approximate surface area is 215 Å². The van der Waals surface area contributed by atoms with Gasteiger partial charge in [-0.25, -0.2) is 9.97 Å². The van der Waals surface area contributed by atoms with Crippen LogP contribution in [0, 0.1) is 0 Å². The SMILES string of the molecule is c1ccc(Nc2nnc(Sc3nc(CN4CCOCC4)nc4scc(-c5ccccc5)c34)s2)cc1. The fourth-order valence-corrected chi connectivity index (χ4v) is 6.79. The highest BCUT2D eigenvalue weighted by molar-refractivity contribution is 8.01. The number of nitrogens with zero attached hydrogens (tertiary/aromatic N) is 5. The molecule has 0 unspecified atom stereocenters. The lowest BCUT2D eigenvalue weighted by atomic mass is 10.1. The summed E-state index contributed by atoms with van der Waals surface area (Å²) in [6.07, 6.45) is 0. The van der Waals surface area contributed by atoms with Crippen LogP contribution in [0.15, 0.2) is 75.4 Å². The van der Waals surface area contributed by atoms with Crippen LogP contribution in [-0.4, -0.2) is 51.4 Å². The molecule has 176 valence electrons. The van der Waals surface area contributed by atoms with Gasteiger partial charge in [0.15, 0.2) is 4.34 Å². The molecule has 0 amide bonds. The molecule has 1 saturated heterocycles. The lowest BCUT2D eigenvalue weighted by Crippen LogP contribution is -2.36. The number of benzene rings is 2. The zero-order valence-corrected chi connectivity index (χ0v) is 21.2. The van der Waals surface area contributed by atoms with Gasteiger partial charge in [-0.05, 0) is 29.5 Å². The number of hydrogen-bond acceptors (Lipinski definition) is 10. The zero-order valence-electron chi connectivity index (χ0n) is 18.8. The van der Waals surface area contributed by atoms with Gasteiger partial charge in [-0.1, -0.05) is 59.9 Å². The van der Waals surface area contributed by atoms with Crippen LogP contribution in [-0.2, 0) is 11.3 Å². The topological polar surface area (TPSA) is 76.1 Å². The average Bonchev–Trinajstić information content (AvgIpc) is 3.53. The van der Waals surface area contributed by atoms with Crippen molar-refractivity contribution < 1.29 is 4.74 Å². The van der Waals surface area contributed by atoms with Gasteiger partial charge in [-0.3, -0.25) is 4.90 Å². The van der Waals surface area contributed by atoms with E-state index >= 15 is 0 Å². The Morgan fingerprint density at radius 2 is 1.71 bits per heavy atom. The number of fused-ring (bicyclic) bond motifs is 1. The summed E-state index contributed by atoms with van der Waals surface area (Å²) in [7, 11) is 0. The average molecular weight is 519 g/mol. The van der Waals surface area contributed by atoms with Gasteiger partial charge < -0.3 is 10.1 Å². The lowest BCUT2D eigenvalue weighted by molar-refractivity contribution is 0.0330. The maximum atomic E-state index is 5.50. The molecule has 4 heterocycles. The number of nitrogens with one attached hydrogen (secondary N) is 1. The second-order valence-electron chi connectivity index (χ2n) is 8.00. The molecule has 5 aromatic rings. The first-order valence-electron chi connectivity index (χ1n) is 11.3. The summed E-state index contributed by atoms with van der Waals surface area (Å²) >= 11 is 4.74. The molecule has 1 N–H and O–H groups in total. The normalized spacial score (nSPS) is 14.4.